The third-order valence-electron chi connectivity index (χ3n) is 3.93. The van der Waals surface area contributed by atoms with E-state index in [-0.39, 0.29) is 12.6 Å². The second-order valence-corrected chi connectivity index (χ2v) is 6.32. The maximum Gasteiger partial charge on any atom is 0.120 e. The number of benzene rings is 1. The standard InChI is InChI=1S/C19H26N2O2/c1-15(2)11-18(14-22)21(13-17-8-5-6-10-20-17)12-16-7-3-4-9-19(16)23/h3-10,15,18,22-23H,11-14H2,1-2H3/t18-/m0/s1. The zero-order valence-electron chi connectivity index (χ0n) is 13.9. The van der Waals surface area contributed by atoms with Gasteiger partial charge in [0.2, 0.25) is 0 Å². The summed E-state index contributed by atoms with van der Waals surface area (Å²) in [6, 6.07) is 13.3. The van der Waals surface area contributed by atoms with Gasteiger partial charge in [-0.1, -0.05) is 38.1 Å². The van der Waals surface area contributed by atoms with Crippen LogP contribution in [0.4, 0.5) is 0 Å². The molecule has 124 valence electrons. The first-order valence-corrected chi connectivity index (χ1v) is 8.11. The van der Waals surface area contributed by atoms with Gasteiger partial charge < -0.3 is 10.2 Å². The van der Waals surface area contributed by atoms with Crippen molar-refractivity contribution >= 4 is 0 Å². The van der Waals surface area contributed by atoms with Crippen LogP contribution in [-0.2, 0) is 13.1 Å². The molecule has 1 aromatic carbocycles. The van der Waals surface area contributed by atoms with Gasteiger partial charge in [0.1, 0.15) is 5.75 Å². The summed E-state index contributed by atoms with van der Waals surface area (Å²) in [7, 11) is 0. The van der Waals surface area contributed by atoms with Crippen molar-refractivity contribution in [3.63, 3.8) is 0 Å². The minimum Gasteiger partial charge on any atom is -0.508 e. The van der Waals surface area contributed by atoms with E-state index in [1.54, 1.807) is 12.3 Å². The Labute approximate surface area is 138 Å². The highest BCUT2D eigenvalue weighted by molar-refractivity contribution is 5.31. The summed E-state index contributed by atoms with van der Waals surface area (Å²) in [5.74, 6) is 0.780. The molecule has 0 spiro atoms. The van der Waals surface area contributed by atoms with Crippen molar-refractivity contribution in [2.45, 2.75) is 39.4 Å². The number of rotatable bonds is 8. The molecule has 0 radical (unpaired) electrons. The van der Waals surface area contributed by atoms with Crippen molar-refractivity contribution in [3.8, 4) is 5.75 Å². The number of aliphatic hydroxyl groups excluding tert-OH is 1. The lowest BCUT2D eigenvalue weighted by atomic mass is 10.0. The zero-order chi connectivity index (χ0) is 16.7. The molecule has 0 amide bonds. The summed E-state index contributed by atoms with van der Waals surface area (Å²) >= 11 is 0. The van der Waals surface area contributed by atoms with Gasteiger partial charge in [0.25, 0.3) is 0 Å². The number of nitrogens with zero attached hydrogens (tertiary/aromatic N) is 2. The molecule has 0 saturated carbocycles. The molecule has 1 heterocycles. The number of phenolic OH excluding ortho intramolecular Hbond substituents is 1. The Bertz CT molecular complexity index is 587. The van der Waals surface area contributed by atoms with Crippen LogP contribution >= 0.6 is 0 Å². The lowest BCUT2D eigenvalue weighted by Gasteiger charge is -2.31. The Kier molecular flexibility index (Phi) is 6.56. The number of hydrogen-bond acceptors (Lipinski definition) is 4. The van der Waals surface area contributed by atoms with Gasteiger partial charge in [-0.2, -0.15) is 0 Å². The van der Waals surface area contributed by atoms with Crippen LogP contribution in [0.1, 0.15) is 31.5 Å². The van der Waals surface area contributed by atoms with Gasteiger partial charge in [-0.05, 0) is 30.5 Å². The molecule has 0 aliphatic carbocycles. The van der Waals surface area contributed by atoms with Crippen LogP contribution in [0.2, 0.25) is 0 Å². The van der Waals surface area contributed by atoms with Gasteiger partial charge in [0.15, 0.2) is 0 Å². The van der Waals surface area contributed by atoms with Crippen LogP contribution in [0.25, 0.3) is 0 Å². The van der Waals surface area contributed by atoms with Crippen LogP contribution in [0.15, 0.2) is 48.7 Å². The highest BCUT2D eigenvalue weighted by atomic mass is 16.3. The molecular weight excluding hydrogens is 288 g/mol. The van der Waals surface area contributed by atoms with Crippen LogP contribution in [0.5, 0.6) is 5.75 Å². The lowest BCUT2D eigenvalue weighted by molar-refractivity contribution is 0.0923. The Hall–Kier alpha value is -1.91. The number of aromatic nitrogens is 1. The first-order valence-electron chi connectivity index (χ1n) is 8.11. The average molecular weight is 314 g/mol. The second kappa shape index (κ2) is 8.65. The number of pyridine rings is 1. The first-order chi connectivity index (χ1) is 11.1. The molecular formula is C19H26N2O2. The SMILES string of the molecule is CC(C)C[C@@H](CO)N(Cc1ccccn1)Cc1ccccc1O. The molecule has 0 aliphatic heterocycles. The topological polar surface area (TPSA) is 56.6 Å². The molecule has 4 heteroatoms. The van der Waals surface area contributed by atoms with Gasteiger partial charge >= 0.3 is 0 Å². The Balaban J connectivity index is 2.21. The Morgan fingerprint density at radius 2 is 1.78 bits per heavy atom. The highest BCUT2D eigenvalue weighted by Gasteiger charge is 2.21. The quantitative estimate of drug-likeness (QED) is 0.785. The minimum atomic E-state index is 0.0385. The van der Waals surface area contributed by atoms with E-state index in [1.165, 1.54) is 0 Å². The van der Waals surface area contributed by atoms with Crippen molar-refractivity contribution in [3.05, 3.63) is 59.9 Å². The van der Waals surface area contributed by atoms with Crippen LogP contribution in [-0.4, -0.2) is 32.7 Å². The number of aromatic hydroxyl groups is 1. The Morgan fingerprint density at radius 3 is 2.39 bits per heavy atom. The molecule has 0 bridgehead atoms. The molecule has 0 aliphatic rings. The van der Waals surface area contributed by atoms with Gasteiger partial charge in [-0.15, -0.1) is 0 Å². The molecule has 2 rings (SSSR count). The fraction of sp³-hybridized carbons (Fsp3) is 0.421. The summed E-state index contributed by atoms with van der Waals surface area (Å²) in [4.78, 5) is 6.58. The second-order valence-electron chi connectivity index (χ2n) is 6.32. The smallest absolute Gasteiger partial charge is 0.120 e. The molecule has 0 fully saturated rings. The van der Waals surface area contributed by atoms with E-state index in [0.717, 1.165) is 17.7 Å². The Morgan fingerprint density at radius 1 is 1.04 bits per heavy atom. The third-order valence-corrected chi connectivity index (χ3v) is 3.93. The zero-order valence-corrected chi connectivity index (χ0v) is 13.9. The van der Waals surface area contributed by atoms with Gasteiger partial charge in [-0.3, -0.25) is 9.88 Å². The number of aliphatic hydroxyl groups is 1. The fourth-order valence-corrected chi connectivity index (χ4v) is 2.76. The molecule has 1 atom stereocenters. The van der Waals surface area contributed by atoms with Crippen LogP contribution in [0, 0.1) is 5.92 Å². The third kappa shape index (κ3) is 5.34. The van der Waals surface area contributed by atoms with Crippen LogP contribution in [0.3, 0.4) is 0 Å². The van der Waals surface area contributed by atoms with E-state index >= 15 is 0 Å². The van der Waals surface area contributed by atoms with E-state index < -0.39 is 0 Å². The summed E-state index contributed by atoms with van der Waals surface area (Å²) in [5.41, 5.74) is 1.83. The predicted molar refractivity (Wildman–Crippen MR) is 91.9 cm³/mol. The van der Waals surface area contributed by atoms with E-state index in [2.05, 4.69) is 23.7 Å². The van der Waals surface area contributed by atoms with Crippen molar-refractivity contribution in [2.75, 3.05) is 6.61 Å². The van der Waals surface area contributed by atoms with Crippen LogP contribution < -0.4 is 0 Å². The maximum absolute atomic E-state index is 10.1. The van der Waals surface area contributed by atoms with Gasteiger partial charge in [0.05, 0.1) is 12.3 Å². The number of phenols is 1. The molecule has 4 nitrogen and oxygen atoms in total. The summed E-state index contributed by atoms with van der Waals surface area (Å²) in [5, 5.41) is 19.9. The van der Waals surface area contributed by atoms with Crippen molar-refractivity contribution in [1.29, 1.82) is 0 Å². The largest absolute Gasteiger partial charge is 0.508 e. The first kappa shape index (κ1) is 17.4. The molecule has 0 saturated heterocycles. The molecule has 2 aromatic rings. The summed E-state index contributed by atoms with van der Waals surface area (Å²) in [6.45, 7) is 5.64. The molecule has 23 heavy (non-hydrogen) atoms. The van der Waals surface area contributed by atoms with Crippen molar-refractivity contribution < 1.29 is 10.2 Å². The fourth-order valence-electron chi connectivity index (χ4n) is 2.76. The maximum atomic E-state index is 10.1. The molecule has 0 unspecified atom stereocenters. The molecule has 2 N–H and O–H groups in total. The van der Waals surface area contributed by atoms with E-state index in [0.29, 0.717) is 24.8 Å². The van der Waals surface area contributed by atoms with Crippen molar-refractivity contribution in [2.24, 2.45) is 5.92 Å². The minimum absolute atomic E-state index is 0.0385. The number of hydrogen-bond donors (Lipinski definition) is 2. The molecule has 1 aromatic heterocycles. The van der Waals surface area contributed by atoms with E-state index in [9.17, 15) is 10.2 Å². The van der Waals surface area contributed by atoms with E-state index in [4.69, 9.17) is 0 Å². The highest BCUT2D eigenvalue weighted by Crippen LogP contribution is 2.22. The summed E-state index contributed by atoms with van der Waals surface area (Å²) < 4.78 is 0. The van der Waals surface area contributed by atoms with Gasteiger partial charge in [0, 0.05) is 30.9 Å². The predicted octanol–water partition coefficient (Wildman–Crippen LogP) is 3.20. The average Bonchev–Trinajstić information content (AvgIpc) is 2.55. The lowest BCUT2D eigenvalue weighted by Crippen LogP contribution is -2.38. The summed E-state index contributed by atoms with van der Waals surface area (Å²) in [6.07, 6.45) is 2.68. The number of para-hydroxylation sites is 1. The van der Waals surface area contributed by atoms with Crippen molar-refractivity contribution in [1.82, 2.24) is 9.88 Å². The van der Waals surface area contributed by atoms with Gasteiger partial charge in [-0.25, -0.2) is 0 Å². The van der Waals surface area contributed by atoms with E-state index in [1.807, 2.05) is 36.4 Å². The normalized spacial score (nSPS) is 12.7. The monoisotopic (exact) mass is 314 g/mol.